The van der Waals surface area contributed by atoms with E-state index >= 15 is 0 Å². The molecule has 0 radical (unpaired) electrons. The SMILES string of the molecule is COCc1cccc(CNC(=O)CC(C)CN)c1. The Morgan fingerprint density at radius 2 is 2.17 bits per heavy atom. The van der Waals surface area contributed by atoms with Crippen LogP contribution in [0.4, 0.5) is 0 Å². The van der Waals surface area contributed by atoms with Crippen LogP contribution in [0, 0.1) is 5.92 Å². The molecule has 1 aromatic rings. The molecule has 1 atom stereocenters. The molecular weight excluding hydrogens is 228 g/mol. The van der Waals surface area contributed by atoms with Crippen molar-refractivity contribution in [2.75, 3.05) is 13.7 Å². The van der Waals surface area contributed by atoms with Gasteiger partial charge >= 0.3 is 0 Å². The summed E-state index contributed by atoms with van der Waals surface area (Å²) < 4.78 is 5.07. The molecule has 0 spiro atoms. The number of carbonyl (C=O) groups excluding carboxylic acids is 1. The number of ether oxygens (including phenoxy) is 1. The van der Waals surface area contributed by atoms with Gasteiger partial charge in [0.1, 0.15) is 0 Å². The standard InChI is InChI=1S/C14H22N2O2/c1-11(8-15)6-14(17)16-9-12-4-3-5-13(7-12)10-18-2/h3-5,7,11H,6,8-10,15H2,1-2H3,(H,16,17). The first-order valence-electron chi connectivity index (χ1n) is 6.19. The Balaban J connectivity index is 2.43. The maximum atomic E-state index is 11.6. The molecule has 18 heavy (non-hydrogen) atoms. The van der Waals surface area contributed by atoms with E-state index in [0.29, 0.717) is 26.1 Å². The lowest BCUT2D eigenvalue weighted by molar-refractivity contribution is -0.122. The van der Waals surface area contributed by atoms with Gasteiger partial charge in [-0.15, -0.1) is 0 Å². The Labute approximate surface area is 109 Å². The summed E-state index contributed by atoms with van der Waals surface area (Å²) in [6.45, 7) is 3.65. The van der Waals surface area contributed by atoms with E-state index < -0.39 is 0 Å². The van der Waals surface area contributed by atoms with Crippen LogP contribution >= 0.6 is 0 Å². The molecule has 1 aromatic carbocycles. The van der Waals surface area contributed by atoms with Crippen molar-refractivity contribution in [3.63, 3.8) is 0 Å². The van der Waals surface area contributed by atoms with Gasteiger partial charge in [-0.2, -0.15) is 0 Å². The predicted molar refractivity (Wildman–Crippen MR) is 71.8 cm³/mol. The topological polar surface area (TPSA) is 64.3 Å². The number of hydrogen-bond acceptors (Lipinski definition) is 3. The number of amides is 1. The van der Waals surface area contributed by atoms with Crippen molar-refractivity contribution in [3.05, 3.63) is 35.4 Å². The monoisotopic (exact) mass is 250 g/mol. The third-order valence-corrected chi connectivity index (χ3v) is 2.73. The van der Waals surface area contributed by atoms with Crippen LogP contribution in [0.3, 0.4) is 0 Å². The fourth-order valence-electron chi connectivity index (χ4n) is 1.67. The largest absolute Gasteiger partial charge is 0.380 e. The zero-order chi connectivity index (χ0) is 13.4. The molecule has 0 fully saturated rings. The summed E-state index contributed by atoms with van der Waals surface area (Å²) in [6.07, 6.45) is 0.480. The van der Waals surface area contributed by atoms with E-state index in [9.17, 15) is 4.79 Å². The van der Waals surface area contributed by atoms with Gasteiger partial charge in [-0.05, 0) is 23.6 Å². The Bertz CT molecular complexity index is 380. The maximum Gasteiger partial charge on any atom is 0.220 e. The molecule has 100 valence electrons. The number of nitrogens with one attached hydrogen (secondary N) is 1. The predicted octanol–water partition coefficient (Wildman–Crippen LogP) is 1.43. The molecule has 0 saturated carbocycles. The van der Waals surface area contributed by atoms with Crippen molar-refractivity contribution in [1.29, 1.82) is 0 Å². The fourth-order valence-corrected chi connectivity index (χ4v) is 1.67. The summed E-state index contributed by atoms with van der Waals surface area (Å²) >= 11 is 0. The Hall–Kier alpha value is -1.39. The van der Waals surface area contributed by atoms with Crippen molar-refractivity contribution in [2.24, 2.45) is 11.7 Å². The lowest BCUT2D eigenvalue weighted by Gasteiger charge is -2.10. The van der Waals surface area contributed by atoms with Crippen molar-refractivity contribution in [1.82, 2.24) is 5.32 Å². The summed E-state index contributed by atoms with van der Waals surface area (Å²) in [5.41, 5.74) is 7.68. The van der Waals surface area contributed by atoms with E-state index in [1.165, 1.54) is 0 Å². The highest BCUT2D eigenvalue weighted by molar-refractivity contribution is 5.76. The summed E-state index contributed by atoms with van der Waals surface area (Å²) in [5, 5.41) is 2.90. The highest BCUT2D eigenvalue weighted by Crippen LogP contribution is 2.06. The van der Waals surface area contributed by atoms with E-state index in [4.69, 9.17) is 10.5 Å². The molecule has 4 nitrogen and oxygen atoms in total. The number of benzene rings is 1. The van der Waals surface area contributed by atoms with E-state index in [0.717, 1.165) is 11.1 Å². The second kappa shape index (κ2) is 7.84. The highest BCUT2D eigenvalue weighted by atomic mass is 16.5. The van der Waals surface area contributed by atoms with Gasteiger partial charge in [0, 0.05) is 20.1 Å². The van der Waals surface area contributed by atoms with Gasteiger partial charge in [-0.3, -0.25) is 4.79 Å². The lowest BCUT2D eigenvalue weighted by Crippen LogP contribution is -2.26. The van der Waals surface area contributed by atoms with Crippen molar-refractivity contribution in [3.8, 4) is 0 Å². The van der Waals surface area contributed by atoms with Gasteiger partial charge < -0.3 is 15.8 Å². The van der Waals surface area contributed by atoms with Crippen LogP contribution in [0.25, 0.3) is 0 Å². The van der Waals surface area contributed by atoms with Crippen LogP contribution < -0.4 is 11.1 Å². The van der Waals surface area contributed by atoms with Gasteiger partial charge in [0.15, 0.2) is 0 Å². The van der Waals surface area contributed by atoms with Gasteiger partial charge in [0.05, 0.1) is 6.61 Å². The van der Waals surface area contributed by atoms with Crippen LogP contribution in [-0.2, 0) is 22.7 Å². The van der Waals surface area contributed by atoms with Crippen LogP contribution in [0.15, 0.2) is 24.3 Å². The summed E-state index contributed by atoms with van der Waals surface area (Å²) in [5.74, 6) is 0.273. The molecular formula is C14H22N2O2. The number of nitrogens with two attached hydrogens (primary N) is 1. The second-order valence-corrected chi connectivity index (χ2v) is 4.57. The number of carbonyl (C=O) groups is 1. The van der Waals surface area contributed by atoms with Crippen LogP contribution in [-0.4, -0.2) is 19.6 Å². The third-order valence-electron chi connectivity index (χ3n) is 2.73. The van der Waals surface area contributed by atoms with E-state index in [1.807, 2.05) is 31.2 Å². The van der Waals surface area contributed by atoms with Crippen LogP contribution in [0.2, 0.25) is 0 Å². The van der Waals surface area contributed by atoms with Crippen LogP contribution in [0.5, 0.6) is 0 Å². The Morgan fingerprint density at radius 3 is 2.83 bits per heavy atom. The minimum atomic E-state index is 0.0464. The quantitative estimate of drug-likeness (QED) is 0.769. The van der Waals surface area contributed by atoms with Gasteiger partial charge in [-0.25, -0.2) is 0 Å². The van der Waals surface area contributed by atoms with Crippen molar-refractivity contribution >= 4 is 5.91 Å². The molecule has 1 rings (SSSR count). The zero-order valence-corrected chi connectivity index (χ0v) is 11.1. The van der Waals surface area contributed by atoms with Gasteiger partial charge in [0.2, 0.25) is 5.91 Å². The second-order valence-electron chi connectivity index (χ2n) is 4.57. The summed E-state index contributed by atoms with van der Waals surface area (Å²) in [7, 11) is 1.67. The molecule has 3 N–H and O–H groups in total. The first-order valence-corrected chi connectivity index (χ1v) is 6.19. The molecule has 0 aliphatic heterocycles. The highest BCUT2D eigenvalue weighted by Gasteiger charge is 2.07. The molecule has 0 bridgehead atoms. The third kappa shape index (κ3) is 5.29. The van der Waals surface area contributed by atoms with Gasteiger partial charge in [0.25, 0.3) is 0 Å². The van der Waals surface area contributed by atoms with Crippen LogP contribution in [0.1, 0.15) is 24.5 Å². The van der Waals surface area contributed by atoms with E-state index in [-0.39, 0.29) is 11.8 Å². The van der Waals surface area contributed by atoms with Crippen molar-refractivity contribution in [2.45, 2.75) is 26.5 Å². The van der Waals surface area contributed by atoms with Crippen molar-refractivity contribution < 1.29 is 9.53 Å². The Morgan fingerprint density at radius 1 is 1.44 bits per heavy atom. The number of methoxy groups -OCH3 is 1. The minimum Gasteiger partial charge on any atom is -0.380 e. The molecule has 0 heterocycles. The molecule has 0 saturated heterocycles. The molecule has 4 heteroatoms. The number of hydrogen-bond donors (Lipinski definition) is 2. The summed E-state index contributed by atoms with van der Waals surface area (Å²) in [4.78, 5) is 11.6. The molecule has 0 aromatic heterocycles. The normalized spacial score (nSPS) is 12.2. The van der Waals surface area contributed by atoms with E-state index in [2.05, 4.69) is 5.32 Å². The zero-order valence-electron chi connectivity index (χ0n) is 11.1. The smallest absolute Gasteiger partial charge is 0.220 e. The average Bonchev–Trinajstić information content (AvgIpc) is 2.37. The average molecular weight is 250 g/mol. The maximum absolute atomic E-state index is 11.6. The molecule has 0 aliphatic rings. The molecule has 0 aliphatic carbocycles. The number of rotatable bonds is 7. The minimum absolute atomic E-state index is 0.0464. The first-order chi connectivity index (χ1) is 8.65. The fraction of sp³-hybridized carbons (Fsp3) is 0.500. The van der Waals surface area contributed by atoms with Gasteiger partial charge in [-0.1, -0.05) is 31.2 Å². The van der Waals surface area contributed by atoms with E-state index in [1.54, 1.807) is 7.11 Å². The lowest BCUT2D eigenvalue weighted by atomic mass is 10.1. The summed E-state index contributed by atoms with van der Waals surface area (Å²) in [6, 6.07) is 8.01. The molecule has 1 amide bonds. The Kier molecular flexibility index (Phi) is 6.39. The molecule has 1 unspecified atom stereocenters. The first kappa shape index (κ1) is 14.7.